The Morgan fingerprint density at radius 2 is 2.05 bits per heavy atom. The second-order valence-electron chi connectivity index (χ2n) is 5.04. The maximum atomic E-state index is 13.5. The SMILES string of the molecule is NC(Cc1cccc(F)c1Br)C1COc2ccccc21. The van der Waals surface area contributed by atoms with Crippen LogP contribution in [-0.2, 0) is 6.42 Å². The molecule has 0 amide bonds. The summed E-state index contributed by atoms with van der Waals surface area (Å²) in [6.45, 7) is 0.591. The molecule has 2 aromatic rings. The molecule has 1 aliphatic heterocycles. The third-order valence-corrected chi connectivity index (χ3v) is 4.63. The van der Waals surface area contributed by atoms with E-state index in [2.05, 4.69) is 15.9 Å². The summed E-state index contributed by atoms with van der Waals surface area (Å²) in [5.41, 5.74) is 8.36. The Bertz CT molecular complexity index is 632. The molecule has 2 N–H and O–H groups in total. The zero-order chi connectivity index (χ0) is 14.1. The fraction of sp³-hybridized carbons (Fsp3) is 0.250. The van der Waals surface area contributed by atoms with E-state index >= 15 is 0 Å². The number of fused-ring (bicyclic) bond motifs is 1. The van der Waals surface area contributed by atoms with Gasteiger partial charge in [0.1, 0.15) is 11.6 Å². The Morgan fingerprint density at radius 3 is 2.90 bits per heavy atom. The third-order valence-electron chi connectivity index (χ3n) is 3.74. The highest BCUT2D eigenvalue weighted by Gasteiger charge is 2.29. The van der Waals surface area contributed by atoms with Crippen LogP contribution in [0.3, 0.4) is 0 Å². The molecule has 0 fully saturated rings. The van der Waals surface area contributed by atoms with E-state index in [1.54, 1.807) is 6.07 Å². The van der Waals surface area contributed by atoms with Gasteiger partial charge in [0.25, 0.3) is 0 Å². The second kappa shape index (κ2) is 5.54. The molecule has 2 nitrogen and oxygen atoms in total. The summed E-state index contributed by atoms with van der Waals surface area (Å²) in [7, 11) is 0. The highest BCUT2D eigenvalue weighted by Crippen LogP contribution is 2.36. The summed E-state index contributed by atoms with van der Waals surface area (Å²) in [4.78, 5) is 0. The minimum Gasteiger partial charge on any atom is -0.493 e. The van der Waals surface area contributed by atoms with Crippen molar-refractivity contribution < 1.29 is 9.13 Å². The Hall–Kier alpha value is -1.39. The average Bonchev–Trinajstić information content (AvgIpc) is 2.88. The number of nitrogens with two attached hydrogens (primary N) is 1. The highest BCUT2D eigenvalue weighted by atomic mass is 79.9. The van der Waals surface area contributed by atoms with Gasteiger partial charge in [0.2, 0.25) is 0 Å². The maximum absolute atomic E-state index is 13.5. The quantitative estimate of drug-likeness (QED) is 0.929. The van der Waals surface area contributed by atoms with E-state index in [1.807, 2.05) is 30.3 Å². The van der Waals surface area contributed by atoms with Crippen molar-refractivity contribution in [1.29, 1.82) is 0 Å². The summed E-state index contributed by atoms with van der Waals surface area (Å²) in [5.74, 6) is 0.811. The molecule has 2 atom stereocenters. The van der Waals surface area contributed by atoms with Crippen LogP contribution in [0, 0.1) is 5.82 Å². The van der Waals surface area contributed by atoms with Crippen LogP contribution in [0.15, 0.2) is 46.9 Å². The minimum absolute atomic E-state index is 0.100. The van der Waals surface area contributed by atoms with Gasteiger partial charge in [0.15, 0.2) is 0 Å². The molecule has 0 spiro atoms. The van der Waals surface area contributed by atoms with Gasteiger partial charge in [-0.2, -0.15) is 0 Å². The first-order chi connectivity index (χ1) is 9.66. The van der Waals surface area contributed by atoms with Gasteiger partial charge in [0, 0.05) is 17.5 Å². The number of benzene rings is 2. The van der Waals surface area contributed by atoms with Crippen LogP contribution in [0.1, 0.15) is 17.0 Å². The van der Waals surface area contributed by atoms with Crippen LogP contribution in [0.5, 0.6) is 5.75 Å². The van der Waals surface area contributed by atoms with Crippen molar-refractivity contribution in [2.24, 2.45) is 5.73 Å². The van der Waals surface area contributed by atoms with Gasteiger partial charge >= 0.3 is 0 Å². The molecule has 0 aliphatic carbocycles. The van der Waals surface area contributed by atoms with E-state index < -0.39 is 0 Å². The number of rotatable bonds is 3. The van der Waals surface area contributed by atoms with Crippen molar-refractivity contribution in [2.45, 2.75) is 18.4 Å². The molecule has 1 aliphatic rings. The van der Waals surface area contributed by atoms with Crippen LogP contribution < -0.4 is 10.5 Å². The number of hydrogen-bond acceptors (Lipinski definition) is 2. The van der Waals surface area contributed by atoms with E-state index in [0.29, 0.717) is 17.5 Å². The topological polar surface area (TPSA) is 35.2 Å². The third kappa shape index (κ3) is 2.45. The number of hydrogen-bond donors (Lipinski definition) is 1. The lowest BCUT2D eigenvalue weighted by molar-refractivity contribution is 0.313. The van der Waals surface area contributed by atoms with E-state index in [1.165, 1.54) is 6.07 Å². The van der Waals surface area contributed by atoms with E-state index in [4.69, 9.17) is 10.5 Å². The van der Waals surface area contributed by atoms with E-state index in [9.17, 15) is 4.39 Å². The standard InChI is InChI=1S/C16H15BrFNO/c17-16-10(4-3-6-13(16)18)8-14(19)12-9-20-15-7-2-1-5-11(12)15/h1-7,12,14H,8-9,19H2. The molecule has 2 aromatic carbocycles. The first-order valence-corrected chi connectivity index (χ1v) is 7.36. The highest BCUT2D eigenvalue weighted by molar-refractivity contribution is 9.10. The van der Waals surface area contributed by atoms with Crippen molar-refractivity contribution in [2.75, 3.05) is 6.61 Å². The van der Waals surface area contributed by atoms with Crippen LogP contribution in [0.2, 0.25) is 0 Å². The maximum Gasteiger partial charge on any atom is 0.137 e. The van der Waals surface area contributed by atoms with Gasteiger partial charge in [0.05, 0.1) is 11.1 Å². The zero-order valence-electron chi connectivity index (χ0n) is 10.9. The summed E-state index contributed by atoms with van der Waals surface area (Å²) in [6.07, 6.45) is 0.612. The van der Waals surface area contributed by atoms with Crippen LogP contribution in [-0.4, -0.2) is 12.6 Å². The van der Waals surface area contributed by atoms with E-state index in [0.717, 1.165) is 16.9 Å². The predicted molar refractivity (Wildman–Crippen MR) is 80.5 cm³/mol. The van der Waals surface area contributed by atoms with Crippen molar-refractivity contribution in [3.63, 3.8) is 0 Å². The molecule has 104 valence electrons. The number of ether oxygens (including phenoxy) is 1. The summed E-state index contributed by atoms with van der Waals surface area (Å²) >= 11 is 3.29. The molecule has 0 saturated heterocycles. The van der Waals surface area contributed by atoms with Gasteiger partial charge in [-0.1, -0.05) is 30.3 Å². The van der Waals surface area contributed by atoms with Crippen molar-refractivity contribution in [1.82, 2.24) is 0 Å². The first kappa shape index (κ1) is 13.6. The molecule has 0 aromatic heterocycles. The summed E-state index contributed by atoms with van der Waals surface area (Å²) in [6, 6.07) is 12.9. The monoisotopic (exact) mass is 335 g/mol. The second-order valence-corrected chi connectivity index (χ2v) is 5.83. The molecular formula is C16H15BrFNO. The lowest BCUT2D eigenvalue weighted by Gasteiger charge is -2.19. The lowest BCUT2D eigenvalue weighted by atomic mass is 9.90. The van der Waals surface area contributed by atoms with Gasteiger partial charge < -0.3 is 10.5 Å². The molecule has 0 bridgehead atoms. The molecule has 20 heavy (non-hydrogen) atoms. The summed E-state index contributed by atoms with van der Waals surface area (Å²) in [5, 5.41) is 0. The van der Waals surface area contributed by atoms with Gasteiger partial charge in [-0.25, -0.2) is 4.39 Å². The normalized spacial score (nSPS) is 18.4. The smallest absolute Gasteiger partial charge is 0.137 e. The van der Waals surface area contributed by atoms with E-state index in [-0.39, 0.29) is 17.8 Å². The van der Waals surface area contributed by atoms with Crippen LogP contribution >= 0.6 is 15.9 Å². The molecule has 4 heteroatoms. The average molecular weight is 336 g/mol. The van der Waals surface area contributed by atoms with Crippen molar-refractivity contribution >= 4 is 15.9 Å². The Balaban J connectivity index is 1.81. The molecule has 1 heterocycles. The Labute approximate surface area is 125 Å². The van der Waals surface area contributed by atoms with Gasteiger partial charge in [-0.3, -0.25) is 0 Å². The molecule has 0 radical (unpaired) electrons. The fourth-order valence-electron chi connectivity index (χ4n) is 2.64. The Kier molecular flexibility index (Phi) is 3.76. The van der Waals surface area contributed by atoms with Crippen molar-refractivity contribution in [3.8, 4) is 5.75 Å². The fourth-order valence-corrected chi connectivity index (χ4v) is 3.07. The molecule has 0 saturated carbocycles. The zero-order valence-corrected chi connectivity index (χ0v) is 12.4. The van der Waals surface area contributed by atoms with Crippen LogP contribution in [0.4, 0.5) is 4.39 Å². The number of para-hydroxylation sites is 1. The molecular weight excluding hydrogens is 321 g/mol. The number of halogens is 2. The largest absolute Gasteiger partial charge is 0.493 e. The molecule has 3 rings (SSSR count). The van der Waals surface area contributed by atoms with Crippen LogP contribution in [0.25, 0.3) is 0 Å². The Morgan fingerprint density at radius 1 is 1.25 bits per heavy atom. The lowest BCUT2D eigenvalue weighted by Crippen LogP contribution is -2.31. The van der Waals surface area contributed by atoms with Gasteiger partial charge in [-0.15, -0.1) is 0 Å². The minimum atomic E-state index is -0.252. The summed E-state index contributed by atoms with van der Waals surface area (Å²) < 4.78 is 19.7. The van der Waals surface area contributed by atoms with Gasteiger partial charge in [-0.05, 0) is 40.0 Å². The first-order valence-electron chi connectivity index (χ1n) is 6.57. The van der Waals surface area contributed by atoms with Crippen molar-refractivity contribution in [3.05, 3.63) is 63.9 Å². The predicted octanol–water partition coefficient (Wildman–Crippen LogP) is 3.63. The molecule has 2 unspecified atom stereocenters.